The van der Waals surface area contributed by atoms with Gasteiger partial charge in [0, 0.05) is 61.6 Å². The Morgan fingerprint density at radius 3 is 0.966 bits per heavy atom. The second-order valence-electron chi connectivity index (χ2n) is 19.8. The van der Waals surface area contributed by atoms with Crippen molar-refractivity contribution in [3.8, 4) is 35.1 Å². The van der Waals surface area contributed by atoms with E-state index < -0.39 is 23.9 Å². The molecule has 88 heavy (non-hydrogen) atoms. The average Bonchev–Trinajstić information content (AvgIpc) is 2.24. The summed E-state index contributed by atoms with van der Waals surface area (Å²) in [4.78, 5) is 101. The van der Waals surface area contributed by atoms with Crippen molar-refractivity contribution in [2.45, 2.75) is 51.4 Å². The molecular formula is C66H50N12O8Zn2. The van der Waals surface area contributed by atoms with E-state index in [1.165, 1.54) is 28.4 Å². The molecule has 0 aliphatic carbocycles. The van der Waals surface area contributed by atoms with E-state index in [-0.39, 0.29) is 90.3 Å². The van der Waals surface area contributed by atoms with Crippen LogP contribution in [0.1, 0.15) is 105 Å². The summed E-state index contributed by atoms with van der Waals surface area (Å²) >= 11 is 0. The van der Waals surface area contributed by atoms with Crippen LogP contribution in [0.2, 0.25) is 0 Å². The van der Waals surface area contributed by atoms with Crippen molar-refractivity contribution in [2.24, 2.45) is 0 Å². The Balaban J connectivity index is 0.00000428. The number of aryl methyl sites for hydroxylation is 4. The van der Waals surface area contributed by atoms with Gasteiger partial charge in [0.25, 0.3) is 0 Å². The molecule has 22 heteroatoms. The molecule has 0 unspecified atom stereocenters. The van der Waals surface area contributed by atoms with Crippen molar-refractivity contribution >= 4 is 117 Å². The fraction of sp³-hybridized carbons (Fsp3) is 0.182. The first-order valence-electron chi connectivity index (χ1n) is 27.4. The molecule has 0 saturated heterocycles. The molecule has 426 valence electrons. The minimum absolute atomic E-state index is 0. The van der Waals surface area contributed by atoms with Crippen LogP contribution in [0.25, 0.3) is 104 Å². The number of fused-ring (bicyclic) bond motifs is 16. The van der Waals surface area contributed by atoms with Gasteiger partial charge in [0.1, 0.15) is 0 Å². The molecule has 0 radical (unpaired) electrons. The third-order valence-electron chi connectivity index (χ3n) is 14.8. The maximum Gasteiger partial charge on any atom is 2.00 e. The van der Waals surface area contributed by atoms with E-state index in [2.05, 4.69) is 33.6 Å². The SMILES string of the molecule is COC(=O)CCc1c2nc(c(-n3ccnc3)c3ccc([n-]3)c(CCC(=O)OC)c3nc(c(C#CC#Cc4c5nc(c(CCC(=O)OC)c6ccc([n-]6)c(-n6ccnc6)c6nc(c(CCC(=O)OC)c7ccc4[n-]7)C=C6)C=C5)c4ccc1[n-]4)C=C3)C=C2.[Zn+2].[Zn+2]. The molecule has 0 atom stereocenters. The first-order chi connectivity index (χ1) is 42.1. The molecular weight excluding hydrogens is 1220 g/mol. The van der Waals surface area contributed by atoms with Gasteiger partial charge in [-0.3, -0.25) is 19.2 Å². The van der Waals surface area contributed by atoms with Crippen LogP contribution in [-0.4, -0.2) is 91.4 Å². The van der Waals surface area contributed by atoms with Crippen LogP contribution in [0.4, 0.5) is 0 Å². The number of carbonyl (C=O) groups is 4. The van der Waals surface area contributed by atoms with Gasteiger partial charge in [0.2, 0.25) is 0 Å². The molecule has 8 aromatic rings. The first kappa shape index (κ1) is 61.0. The summed E-state index contributed by atoms with van der Waals surface area (Å²) in [5, 5.41) is 0. The first-order valence-corrected chi connectivity index (χ1v) is 27.4. The molecule has 4 aliphatic heterocycles. The zero-order valence-electron chi connectivity index (χ0n) is 48.4. The van der Waals surface area contributed by atoms with Crippen molar-refractivity contribution in [2.75, 3.05) is 28.4 Å². The monoisotopic (exact) mass is 1270 g/mol. The van der Waals surface area contributed by atoms with Crippen LogP contribution in [0.5, 0.6) is 0 Å². The van der Waals surface area contributed by atoms with E-state index in [1.54, 1.807) is 25.0 Å². The Hall–Kier alpha value is -10.1. The van der Waals surface area contributed by atoms with Gasteiger partial charge in [-0.15, -0.1) is 44.1 Å². The third-order valence-corrected chi connectivity index (χ3v) is 14.8. The van der Waals surface area contributed by atoms with Crippen LogP contribution in [0, 0.1) is 23.7 Å². The van der Waals surface area contributed by atoms with E-state index >= 15 is 0 Å². The van der Waals surface area contributed by atoms with E-state index in [0.29, 0.717) is 134 Å². The van der Waals surface area contributed by atoms with E-state index in [9.17, 15) is 19.2 Å². The number of ether oxygens (including phenoxy) is 4. The van der Waals surface area contributed by atoms with Crippen molar-refractivity contribution < 1.29 is 77.1 Å². The van der Waals surface area contributed by atoms with Crippen LogP contribution >= 0.6 is 0 Å². The molecule has 20 nitrogen and oxygen atoms in total. The van der Waals surface area contributed by atoms with Crippen LogP contribution in [0.15, 0.2) is 86.0 Å². The predicted octanol–water partition coefficient (Wildman–Crippen LogP) is 8.33. The molecule has 0 aromatic carbocycles. The molecule has 0 fully saturated rings. The second kappa shape index (κ2) is 27.1. The summed E-state index contributed by atoms with van der Waals surface area (Å²) in [5.74, 6) is 11.2. The summed E-state index contributed by atoms with van der Waals surface area (Å²) in [7, 11) is 5.40. The van der Waals surface area contributed by atoms with E-state index in [1.807, 2.05) is 119 Å². The quantitative estimate of drug-likeness (QED) is 0.0429. The number of carbonyl (C=O) groups excluding carboxylic acids is 4. The Morgan fingerprint density at radius 1 is 0.386 bits per heavy atom. The number of methoxy groups -OCH3 is 4. The van der Waals surface area contributed by atoms with Crippen molar-refractivity contribution in [3.63, 3.8) is 0 Å². The van der Waals surface area contributed by atoms with Gasteiger partial charge in [0.15, 0.2) is 0 Å². The zero-order chi connectivity index (χ0) is 59.3. The number of esters is 4. The summed E-state index contributed by atoms with van der Waals surface area (Å²) in [6.07, 6.45) is 26.5. The largest absolute Gasteiger partial charge is 2.00 e. The Labute approximate surface area is 529 Å². The van der Waals surface area contributed by atoms with Crippen molar-refractivity contribution in [1.29, 1.82) is 0 Å². The molecule has 0 N–H and O–H groups in total. The van der Waals surface area contributed by atoms with Gasteiger partial charge in [-0.1, -0.05) is 60.4 Å². The van der Waals surface area contributed by atoms with Gasteiger partial charge in [-0.25, -0.2) is 29.9 Å². The average molecular weight is 1270 g/mol. The zero-order valence-corrected chi connectivity index (χ0v) is 54.3. The fourth-order valence-corrected chi connectivity index (χ4v) is 10.5. The Kier molecular flexibility index (Phi) is 18.7. The van der Waals surface area contributed by atoms with E-state index in [4.69, 9.17) is 58.8 Å². The number of imidazole rings is 2. The molecule has 12 rings (SSSR count). The number of nitrogens with zero attached hydrogens (tertiary/aromatic N) is 12. The van der Waals surface area contributed by atoms with Gasteiger partial charge in [-0.05, 0) is 108 Å². The fourth-order valence-electron chi connectivity index (χ4n) is 10.5. The molecule has 0 saturated carbocycles. The van der Waals surface area contributed by atoms with Crippen LogP contribution < -0.4 is 19.9 Å². The Bertz CT molecular complexity index is 4380. The summed E-state index contributed by atoms with van der Waals surface area (Å²) in [5.41, 5.74) is 13.8. The second-order valence-corrected chi connectivity index (χ2v) is 19.8. The minimum Gasteiger partial charge on any atom is -0.656 e. The van der Waals surface area contributed by atoms with Gasteiger partial charge < -0.3 is 48.0 Å². The molecule has 0 amide bonds. The van der Waals surface area contributed by atoms with Gasteiger partial charge in [-0.2, -0.15) is 0 Å². The van der Waals surface area contributed by atoms with E-state index in [0.717, 1.165) is 0 Å². The third kappa shape index (κ3) is 12.7. The molecule has 16 bridgehead atoms. The molecule has 0 spiro atoms. The molecule has 12 heterocycles. The van der Waals surface area contributed by atoms with Crippen LogP contribution in [0.3, 0.4) is 0 Å². The normalized spacial score (nSPS) is 11.6. The standard InChI is InChI=1S/C66H50N12O8.2Zn/c1-83-61(79)29-9-41-49-17-13-45(69-49)39(46-14-18-50(70-46)42(10-30-62(80)84-2)54-22-26-58(74-54)65(77-35-33-67-37-77)57-25-21-53(41)73-57)7-5-6-8-40-47-15-19-51(71-47)43(11-31-63(81)85-3)55-23-27-59(75-55)66(78-36-34-68-38-78)60-28-24-56(76-60)44(12-32-64(82)86-4)52-20-16-48(40)72-52;;/h13-28,33-38H,9-12,29-32H2,1-4H3;;/q-4;2*+2. The number of aromatic nitrogens is 12. The minimum atomic E-state index is -0.395. The predicted molar refractivity (Wildman–Crippen MR) is 323 cm³/mol. The summed E-state index contributed by atoms with van der Waals surface area (Å²) < 4.78 is 24.0. The number of rotatable bonds is 14. The maximum atomic E-state index is 12.7. The molecule has 4 aliphatic rings. The van der Waals surface area contributed by atoms with Crippen molar-refractivity contribution in [1.82, 2.24) is 59.0 Å². The Morgan fingerprint density at radius 2 is 0.659 bits per heavy atom. The smallest absolute Gasteiger partial charge is 0.656 e. The number of hydrogen-bond acceptors (Lipinski definition) is 14. The molecule has 8 aromatic heterocycles. The van der Waals surface area contributed by atoms with Crippen molar-refractivity contribution in [3.05, 3.63) is 165 Å². The maximum absolute atomic E-state index is 12.7. The van der Waals surface area contributed by atoms with Gasteiger partial charge >= 0.3 is 62.8 Å². The topological polar surface area (TPSA) is 249 Å². The summed E-state index contributed by atoms with van der Waals surface area (Å²) in [6.45, 7) is 0. The van der Waals surface area contributed by atoms with Gasteiger partial charge in [0.05, 0.1) is 98.0 Å². The number of hydrogen-bond donors (Lipinski definition) is 0. The summed E-state index contributed by atoms with van der Waals surface area (Å²) in [6, 6.07) is 15.0. The van der Waals surface area contributed by atoms with Crippen LogP contribution in [-0.2, 0) is 103 Å².